The van der Waals surface area contributed by atoms with E-state index < -0.39 is 0 Å². The van der Waals surface area contributed by atoms with Gasteiger partial charge in [-0.3, -0.25) is 4.68 Å². The Morgan fingerprint density at radius 1 is 1.35 bits per heavy atom. The highest BCUT2D eigenvalue weighted by atomic mass is 35.5. The van der Waals surface area contributed by atoms with Crippen molar-refractivity contribution in [1.82, 2.24) is 15.1 Å². The van der Waals surface area contributed by atoms with E-state index in [4.69, 9.17) is 16.3 Å². The molecule has 108 valence electrons. The van der Waals surface area contributed by atoms with Gasteiger partial charge in [0, 0.05) is 19.6 Å². The molecule has 0 amide bonds. The van der Waals surface area contributed by atoms with E-state index in [9.17, 15) is 0 Å². The molecule has 0 saturated carbocycles. The number of hydrogen-bond acceptors (Lipinski definition) is 3. The SMILES string of the molecule is COc1ccc([C@@H](C)NCc2c(Cl)c(C)nn2C)cc1. The summed E-state index contributed by atoms with van der Waals surface area (Å²) in [6.45, 7) is 4.72. The Morgan fingerprint density at radius 3 is 2.50 bits per heavy atom. The lowest BCUT2D eigenvalue weighted by Crippen LogP contribution is -2.20. The van der Waals surface area contributed by atoms with Gasteiger partial charge in [-0.15, -0.1) is 0 Å². The molecule has 5 heteroatoms. The minimum atomic E-state index is 0.229. The summed E-state index contributed by atoms with van der Waals surface area (Å²) < 4.78 is 6.99. The van der Waals surface area contributed by atoms with Crippen LogP contribution in [0.25, 0.3) is 0 Å². The standard InChI is InChI=1S/C15H20ClN3O/c1-10(12-5-7-13(20-4)8-6-12)17-9-14-15(16)11(2)18-19(14)3/h5-8,10,17H,9H2,1-4H3/t10-/m1/s1. The second kappa shape index (κ2) is 6.29. The number of aromatic nitrogens is 2. The molecular formula is C15H20ClN3O. The van der Waals surface area contributed by atoms with E-state index >= 15 is 0 Å². The van der Waals surface area contributed by atoms with Gasteiger partial charge in [0.2, 0.25) is 0 Å². The monoisotopic (exact) mass is 293 g/mol. The summed E-state index contributed by atoms with van der Waals surface area (Å²) in [6.07, 6.45) is 0. The van der Waals surface area contributed by atoms with Crippen LogP contribution in [0.1, 0.15) is 29.9 Å². The van der Waals surface area contributed by atoms with Gasteiger partial charge in [0.25, 0.3) is 0 Å². The van der Waals surface area contributed by atoms with E-state index in [1.165, 1.54) is 5.56 Å². The first-order chi connectivity index (χ1) is 9.52. The van der Waals surface area contributed by atoms with Crippen LogP contribution in [0.5, 0.6) is 5.75 Å². The summed E-state index contributed by atoms with van der Waals surface area (Å²) in [5.41, 5.74) is 3.08. The number of ether oxygens (including phenoxy) is 1. The van der Waals surface area contributed by atoms with Crippen molar-refractivity contribution in [3.63, 3.8) is 0 Å². The zero-order valence-electron chi connectivity index (χ0n) is 12.3. The molecule has 0 bridgehead atoms. The van der Waals surface area contributed by atoms with E-state index in [0.717, 1.165) is 22.2 Å². The Labute approximate surface area is 124 Å². The van der Waals surface area contributed by atoms with Crippen LogP contribution < -0.4 is 10.1 Å². The first-order valence-electron chi connectivity index (χ1n) is 6.58. The minimum absolute atomic E-state index is 0.229. The molecule has 20 heavy (non-hydrogen) atoms. The van der Waals surface area contributed by atoms with Gasteiger partial charge in [-0.25, -0.2) is 0 Å². The number of nitrogens with zero attached hydrogens (tertiary/aromatic N) is 2. The average Bonchev–Trinajstić information content (AvgIpc) is 2.70. The molecule has 2 rings (SSSR count). The van der Waals surface area contributed by atoms with Gasteiger partial charge in [-0.1, -0.05) is 23.7 Å². The largest absolute Gasteiger partial charge is 0.497 e. The van der Waals surface area contributed by atoms with E-state index in [0.29, 0.717) is 6.54 Å². The summed E-state index contributed by atoms with van der Waals surface area (Å²) in [4.78, 5) is 0. The summed E-state index contributed by atoms with van der Waals surface area (Å²) in [5, 5.41) is 8.51. The van der Waals surface area contributed by atoms with Gasteiger partial charge < -0.3 is 10.1 Å². The van der Waals surface area contributed by atoms with Gasteiger partial charge in [0.1, 0.15) is 5.75 Å². The quantitative estimate of drug-likeness (QED) is 0.920. The zero-order valence-corrected chi connectivity index (χ0v) is 13.0. The third-order valence-corrected chi connectivity index (χ3v) is 3.94. The highest BCUT2D eigenvalue weighted by molar-refractivity contribution is 6.31. The molecule has 0 radical (unpaired) electrons. The van der Waals surface area contributed by atoms with Crippen LogP contribution in [0.3, 0.4) is 0 Å². The molecule has 0 aliphatic carbocycles. The van der Waals surface area contributed by atoms with Crippen molar-refractivity contribution >= 4 is 11.6 Å². The minimum Gasteiger partial charge on any atom is -0.497 e. The molecule has 0 aliphatic heterocycles. The Kier molecular flexibility index (Phi) is 4.68. The second-order valence-electron chi connectivity index (χ2n) is 4.85. The predicted molar refractivity (Wildman–Crippen MR) is 81.2 cm³/mol. The predicted octanol–water partition coefficient (Wildman–Crippen LogP) is 3.24. The van der Waals surface area contributed by atoms with Gasteiger partial charge in [0.15, 0.2) is 0 Å². The van der Waals surface area contributed by atoms with Crippen molar-refractivity contribution in [2.45, 2.75) is 26.4 Å². The molecule has 4 nitrogen and oxygen atoms in total. The highest BCUT2D eigenvalue weighted by Gasteiger charge is 2.12. The normalized spacial score (nSPS) is 12.4. The van der Waals surface area contributed by atoms with Crippen molar-refractivity contribution in [3.8, 4) is 5.75 Å². The van der Waals surface area contributed by atoms with Crippen molar-refractivity contribution < 1.29 is 4.74 Å². The van der Waals surface area contributed by atoms with E-state index in [1.807, 2.05) is 30.8 Å². The number of methoxy groups -OCH3 is 1. The Balaban J connectivity index is 2.02. The number of benzene rings is 1. The first kappa shape index (κ1) is 14.9. The number of nitrogens with one attached hydrogen (secondary N) is 1. The van der Waals surface area contributed by atoms with Gasteiger partial charge in [0.05, 0.1) is 23.5 Å². The molecule has 1 N–H and O–H groups in total. The lowest BCUT2D eigenvalue weighted by Gasteiger charge is -2.15. The molecule has 0 spiro atoms. The first-order valence-corrected chi connectivity index (χ1v) is 6.96. The Hall–Kier alpha value is -1.52. The topological polar surface area (TPSA) is 39.1 Å². The maximum atomic E-state index is 6.24. The maximum absolute atomic E-state index is 6.24. The van der Waals surface area contributed by atoms with Crippen molar-refractivity contribution in [3.05, 3.63) is 46.2 Å². The summed E-state index contributed by atoms with van der Waals surface area (Å²) in [5.74, 6) is 0.867. The molecule has 2 aromatic rings. The third-order valence-electron chi connectivity index (χ3n) is 3.45. The lowest BCUT2D eigenvalue weighted by atomic mass is 10.1. The van der Waals surface area contributed by atoms with Gasteiger partial charge in [-0.05, 0) is 31.5 Å². The molecule has 0 unspecified atom stereocenters. The van der Waals surface area contributed by atoms with E-state index in [1.54, 1.807) is 7.11 Å². The number of rotatable bonds is 5. The Morgan fingerprint density at radius 2 is 2.00 bits per heavy atom. The number of aryl methyl sites for hydroxylation is 2. The zero-order chi connectivity index (χ0) is 14.7. The average molecular weight is 294 g/mol. The maximum Gasteiger partial charge on any atom is 0.118 e. The lowest BCUT2D eigenvalue weighted by molar-refractivity contribution is 0.414. The van der Waals surface area contributed by atoms with Crippen LogP contribution in [-0.2, 0) is 13.6 Å². The molecule has 1 heterocycles. The van der Waals surface area contributed by atoms with Crippen molar-refractivity contribution in [1.29, 1.82) is 0 Å². The molecule has 1 atom stereocenters. The highest BCUT2D eigenvalue weighted by Crippen LogP contribution is 2.21. The van der Waals surface area contributed by atoms with Crippen LogP contribution in [0.2, 0.25) is 5.02 Å². The molecule has 0 saturated heterocycles. The fraction of sp³-hybridized carbons (Fsp3) is 0.400. The number of halogens is 1. The van der Waals surface area contributed by atoms with Gasteiger partial charge >= 0.3 is 0 Å². The van der Waals surface area contributed by atoms with E-state index in [2.05, 4.69) is 29.5 Å². The molecule has 1 aromatic heterocycles. The summed E-state index contributed by atoms with van der Waals surface area (Å²) in [6, 6.07) is 8.29. The molecule has 1 aromatic carbocycles. The molecule has 0 fully saturated rings. The smallest absolute Gasteiger partial charge is 0.118 e. The fourth-order valence-electron chi connectivity index (χ4n) is 2.13. The fourth-order valence-corrected chi connectivity index (χ4v) is 2.36. The van der Waals surface area contributed by atoms with E-state index in [-0.39, 0.29) is 6.04 Å². The van der Waals surface area contributed by atoms with Crippen LogP contribution in [-0.4, -0.2) is 16.9 Å². The summed E-state index contributed by atoms with van der Waals surface area (Å²) in [7, 11) is 3.58. The van der Waals surface area contributed by atoms with Crippen LogP contribution in [0.4, 0.5) is 0 Å². The van der Waals surface area contributed by atoms with Crippen LogP contribution in [0, 0.1) is 6.92 Å². The second-order valence-corrected chi connectivity index (χ2v) is 5.22. The van der Waals surface area contributed by atoms with Crippen molar-refractivity contribution in [2.75, 3.05) is 7.11 Å². The summed E-state index contributed by atoms with van der Waals surface area (Å²) >= 11 is 6.24. The Bertz CT molecular complexity index is 578. The van der Waals surface area contributed by atoms with Crippen LogP contribution in [0.15, 0.2) is 24.3 Å². The van der Waals surface area contributed by atoms with Crippen molar-refractivity contribution in [2.24, 2.45) is 7.05 Å². The third kappa shape index (κ3) is 3.14. The molecular weight excluding hydrogens is 274 g/mol. The number of hydrogen-bond donors (Lipinski definition) is 1. The molecule has 0 aliphatic rings. The van der Waals surface area contributed by atoms with Crippen LogP contribution >= 0.6 is 11.6 Å². The van der Waals surface area contributed by atoms with Gasteiger partial charge in [-0.2, -0.15) is 5.10 Å².